The molecule has 2 unspecified atom stereocenters. The minimum atomic E-state index is 0.0797. The Morgan fingerprint density at radius 3 is 2.94 bits per heavy atom. The van der Waals surface area contributed by atoms with Gasteiger partial charge in [-0.05, 0) is 44.2 Å². The fourth-order valence-electron chi connectivity index (χ4n) is 2.08. The Hall–Kier alpha value is -0.350. The number of carbonyl (C=O) groups excluding carboxylic acids is 1. The van der Waals surface area contributed by atoms with Gasteiger partial charge in [-0.1, -0.05) is 15.9 Å². The van der Waals surface area contributed by atoms with Gasteiger partial charge >= 0.3 is 0 Å². The van der Waals surface area contributed by atoms with Crippen molar-refractivity contribution in [2.75, 3.05) is 6.54 Å². The van der Waals surface area contributed by atoms with Crippen LogP contribution in [0.2, 0.25) is 0 Å². The second kappa shape index (κ2) is 5.32. The van der Waals surface area contributed by atoms with Gasteiger partial charge in [0.1, 0.15) is 0 Å². The standard InChI is InChI=1S/C12H16BrNOS/c1-8-2-5-11(16-8)12(15)14-7-9-3-4-10(13)6-9/h2,5,9-10H,3-4,6-7H2,1H3,(H,14,15). The second-order valence-corrected chi connectivity index (χ2v) is 6.98. The van der Waals surface area contributed by atoms with Crippen molar-refractivity contribution in [2.24, 2.45) is 5.92 Å². The van der Waals surface area contributed by atoms with Gasteiger partial charge < -0.3 is 5.32 Å². The highest BCUT2D eigenvalue weighted by atomic mass is 79.9. The molecule has 1 aromatic rings. The van der Waals surface area contributed by atoms with E-state index in [9.17, 15) is 4.79 Å². The van der Waals surface area contributed by atoms with Crippen molar-refractivity contribution >= 4 is 33.2 Å². The fraction of sp³-hybridized carbons (Fsp3) is 0.583. The molecule has 88 valence electrons. The highest BCUT2D eigenvalue weighted by molar-refractivity contribution is 9.09. The number of aryl methyl sites for hydroxylation is 1. The summed E-state index contributed by atoms with van der Waals surface area (Å²) < 4.78 is 0. The molecular weight excluding hydrogens is 286 g/mol. The zero-order valence-corrected chi connectivity index (χ0v) is 11.7. The molecule has 0 aromatic carbocycles. The van der Waals surface area contributed by atoms with E-state index < -0.39 is 0 Å². The van der Waals surface area contributed by atoms with Crippen LogP contribution in [0.25, 0.3) is 0 Å². The molecule has 1 heterocycles. The normalized spacial score (nSPS) is 24.6. The minimum absolute atomic E-state index is 0.0797. The summed E-state index contributed by atoms with van der Waals surface area (Å²) in [7, 11) is 0. The summed E-state index contributed by atoms with van der Waals surface area (Å²) in [5.74, 6) is 0.727. The van der Waals surface area contributed by atoms with Crippen LogP contribution < -0.4 is 5.32 Å². The van der Waals surface area contributed by atoms with Crippen molar-refractivity contribution in [1.82, 2.24) is 5.32 Å². The number of halogens is 1. The van der Waals surface area contributed by atoms with Crippen LogP contribution in [-0.2, 0) is 0 Å². The van der Waals surface area contributed by atoms with Crippen LogP contribution >= 0.6 is 27.3 Å². The summed E-state index contributed by atoms with van der Waals surface area (Å²) >= 11 is 5.18. The van der Waals surface area contributed by atoms with Crippen LogP contribution in [0, 0.1) is 12.8 Å². The van der Waals surface area contributed by atoms with E-state index in [1.165, 1.54) is 24.1 Å². The molecule has 2 nitrogen and oxygen atoms in total. The predicted molar refractivity (Wildman–Crippen MR) is 71.4 cm³/mol. The average Bonchev–Trinajstić information content (AvgIpc) is 2.84. The molecule has 1 aromatic heterocycles. The predicted octanol–water partition coefficient (Wildman–Crippen LogP) is 3.35. The highest BCUT2D eigenvalue weighted by Gasteiger charge is 2.22. The Labute approximate surface area is 109 Å². The number of thiophene rings is 1. The third kappa shape index (κ3) is 3.08. The number of alkyl halides is 1. The summed E-state index contributed by atoms with van der Waals surface area (Å²) in [5.41, 5.74) is 0. The SMILES string of the molecule is Cc1ccc(C(=O)NCC2CCC(Br)C2)s1. The Kier molecular flexibility index (Phi) is 4.03. The van der Waals surface area contributed by atoms with Gasteiger partial charge in [-0.15, -0.1) is 11.3 Å². The topological polar surface area (TPSA) is 29.1 Å². The maximum absolute atomic E-state index is 11.8. The lowest BCUT2D eigenvalue weighted by atomic mass is 10.1. The molecule has 1 aliphatic carbocycles. The number of hydrogen-bond acceptors (Lipinski definition) is 2. The molecule has 1 fully saturated rings. The van der Waals surface area contributed by atoms with Crippen LogP contribution in [0.1, 0.15) is 33.8 Å². The maximum atomic E-state index is 11.8. The molecule has 0 spiro atoms. The van der Waals surface area contributed by atoms with E-state index >= 15 is 0 Å². The van der Waals surface area contributed by atoms with E-state index in [2.05, 4.69) is 21.2 Å². The molecule has 1 aliphatic rings. The van der Waals surface area contributed by atoms with Gasteiger partial charge in [-0.3, -0.25) is 4.79 Å². The van der Waals surface area contributed by atoms with E-state index in [0.717, 1.165) is 11.4 Å². The first-order valence-corrected chi connectivity index (χ1v) is 7.37. The lowest BCUT2D eigenvalue weighted by molar-refractivity contribution is 0.0951. The maximum Gasteiger partial charge on any atom is 0.261 e. The quantitative estimate of drug-likeness (QED) is 0.852. The van der Waals surface area contributed by atoms with E-state index in [0.29, 0.717) is 10.7 Å². The molecule has 0 saturated heterocycles. The summed E-state index contributed by atoms with van der Waals surface area (Å²) in [6.07, 6.45) is 3.64. The number of hydrogen-bond donors (Lipinski definition) is 1. The molecule has 0 bridgehead atoms. The third-order valence-corrected chi connectivity index (χ3v) is 4.82. The molecule has 1 amide bonds. The number of nitrogens with one attached hydrogen (secondary N) is 1. The summed E-state index contributed by atoms with van der Waals surface area (Å²) in [6, 6.07) is 3.89. The highest BCUT2D eigenvalue weighted by Crippen LogP contribution is 2.30. The van der Waals surface area contributed by atoms with Gasteiger partial charge in [-0.2, -0.15) is 0 Å². The molecule has 2 rings (SSSR count). The zero-order chi connectivity index (χ0) is 11.5. The Morgan fingerprint density at radius 1 is 1.56 bits per heavy atom. The summed E-state index contributed by atoms with van der Waals surface area (Å²) in [4.78, 5) is 14.4. The largest absolute Gasteiger partial charge is 0.351 e. The third-order valence-electron chi connectivity index (χ3n) is 2.99. The van der Waals surface area contributed by atoms with Gasteiger partial charge in [0.15, 0.2) is 0 Å². The first-order valence-electron chi connectivity index (χ1n) is 5.64. The fourth-order valence-corrected chi connectivity index (χ4v) is 3.66. The summed E-state index contributed by atoms with van der Waals surface area (Å²) in [5, 5.41) is 3.03. The molecule has 4 heteroatoms. The number of rotatable bonds is 3. The van der Waals surface area contributed by atoms with Crippen LogP contribution in [0.3, 0.4) is 0 Å². The Bertz CT molecular complexity index is 377. The lowest BCUT2D eigenvalue weighted by Crippen LogP contribution is -2.27. The average molecular weight is 302 g/mol. The van der Waals surface area contributed by atoms with Crippen LogP contribution in [-0.4, -0.2) is 17.3 Å². The van der Waals surface area contributed by atoms with Gasteiger partial charge in [-0.25, -0.2) is 0 Å². The van der Waals surface area contributed by atoms with Crippen LogP contribution in [0.15, 0.2) is 12.1 Å². The zero-order valence-electron chi connectivity index (χ0n) is 9.33. The van der Waals surface area contributed by atoms with E-state index in [-0.39, 0.29) is 5.91 Å². The van der Waals surface area contributed by atoms with E-state index in [1.54, 1.807) is 11.3 Å². The van der Waals surface area contributed by atoms with Gasteiger partial charge in [0.25, 0.3) is 5.91 Å². The van der Waals surface area contributed by atoms with Crippen molar-refractivity contribution < 1.29 is 4.79 Å². The van der Waals surface area contributed by atoms with Crippen LogP contribution in [0.4, 0.5) is 0 Å². The van der Waals surface area contributed by atoms with Crippen molar-refractivity contribution in [3.63, 3.8) is 0 Å². The molecule has 0 aliphatic heterocycles. The molecule has 1 N–H and O–H groups in total. The lowest BCUT2D eigenvalue weighted by Gasteiger charge is -2.09. The smallest absolute Gasteiger partial charge is 0.261 e. The van der Waals surface area contributed by atoms with E-state index in [4.69, 9.17) is 0 Å². The molecule has 1 saturated carbocycles. The second-order valence-electron chi connectivity index (χ2n) is 4.40. The van der Waals surface area contributed by atoms with Gasteiger partial charge in [0.05, 0.1) is 4.88 Å². The summed E-state index contributed by atoms with van der Waals surface area (Å²) in [6.45, 7) is 2.84. The Morgan fingerprint density at radius 2 is 2.38 bits per heavy atom. The monoisotopic (exact) mass is 301 g/mol. The molecule has 2 atom stereocenters. The van der Waals surface area contributed by atoms with Crippen LogP contribution in [0.5, 0.6) is 0 Å². The first-order chi connectivity index (χ1) is 7.65. The van der Waals surface area contributed by atoms with Crippen molar-refractivity contribution in [2.45, 2.75) is 31.0 Å². The van der Waals surface area contributed by atoms with Crippen molar-refractivity contribution in [1.29, 1.82) is 0 Å². The first kappa shape index (κ1) is 12.1. The molecular formula is C12H16BrNOS. The molecule has 16 heavy (non-hydrogen) atoms. The van der Waals surface area contributed by atoms with Gasteiger partial charge in [0, 0.05) is 16.2 Å². The van der Waals surface area contributed by atoms with Crippen molar-refractivity contribution in [3.8, 4) is 0 Å². The minimum Gasteiger partial charge on any atom is -0.351 e. The number of amides is 1. The number of carbonyl (C=O) groups is 1. The molecule has 0 radical (unpaired) electrons. The van der Waals surface area contributed by atoms with E-state index in [1.807, 2.05) is 19.1 Å². The Balaban J connectivity index is 1.80. The van der Waals surface area contributed by atoms with Crippen molar-refractivity contribution in [3.05, 3.63) is 21.9 Å². The van der Waals surface area contributed by atoms with Gasteiger partial charge in [0.2, 0.25) is 0 Å².